The number of nitrogens with zero attached hydrogens (tertiary/aromatic N) is 1. The topological polar surface area (TPSA) is 29.3 Å². The summed E-state index contributed by atoms with van der Waals surface area (Å²) in [4.78, 5) is 2.62. The fraction of sp³-hybridized carbons (Fsp3) is 0.647. The number of nitrogens with two attached hydrogens (primary N) is 1. The quantitative estimate of drug-likeness (QED) is 0.879. The molecule has 1 fully saturated rings. The van der Waals surface area contributed by atoms with Crippen molar-refractivity contribution in [3.8, 4) is 0 Å². The zero-order valence-electron chi connectivity index (χ0n) is 12.5. The van der Waals surface area contributed by atoms with E-state index in [2.05, 4.69) is 36.9 Å². The first kappa shape index (κ1) is 14.4. The first-order chi connectivity index (χ1) is 9.30. The van der Waals surface area contributed by atoms with Gasteiger partial charge in [0.2, 0.25) is 0 Å². The van der Waals surface area contributed by atoms with Crippen LogP contribution in [0.4, 0.5) is 5.69 Å². The number of anilines is 1. The molecule has 0 saturated carbocycles. The highest BCUT2D eigenvalue weighted by Gasteiger charge is 2.21. The summed E-state index contributed by atoms with van der Waals surface area (Å²) in [6.45, 7) is 7.78. The van der Waals surface area contributed by atoms with Crippen molar-refractivity contribution in [3.63, 3.8) is 0 Å². The van der Waals surface area contributed by atoms with Crippen LogP contribution in [0.5, 0.6) is 0 Å². The van der Waals surface area contributed by atoms with E-state index >= 15 is 0 Å². The van der Waals surface area contributed by atoms with Crippen molar-refractivity contribution in [2.75, 3.05) is 24.5 Å². The lowest BCUT2D eigenvalue weighted by Gasteiger charge is -2.36. The van der Waals surface area contributed by atoms with Gasteiger partial charge in [-0.15, -0.1) is 0 Å². The molecule has 0 aromatic heterocycles. The van der Waals surface area contributed by atoms with E-state index in [0.717, 1.165) is 25.3 Å². The molecule has 1 aromatic carbocycles. The van der Waals surface area contributed by atoms with Crippen LogP contribution in [0.15, 0.2) is 18.2 Å². The van der Waals surface area contributed by atoms with Crippen LogP contribution in [0.2, 0.25) is 0 Å². The average molecular weight is 260 g/mol. The summed E-state index contributed by atoms with van der Waals surface area (Å²) in [5.74, 6) is 0.847. The number of aryl methyl sites for hydroxylation is 2. The van der Waals surface area contributed by atoms with Gasteiger partial charge in [0.25, 0.3) is 0 Å². The Morgan fingerprint density at radius 3 is 2.16 bits per heavy atom. The van der Waals surface area contributed by atoms with Crippen LogP contribution < -0.4 is 10.6 Å². The molecule has 106 valence electrons. The third-order valence-corrected chi connectivity index (χ3v) is 4.47. The molecular formula is C17H28N2. The van der Waals surface area contributed by atoms with Gasteiger partial charge in [0.05, 0.1) is 0 Å². The fourth-order valence-corrected chi connectivity index (χ4v) is 3.30. The maximum atomic E-state index is 5.68. The van der Waals surface area contributed by atoms with Gasteiger partial charge in [-0.2, -0.15) is 0 Å². The van der Waals surface area contributed by atoms with E-state index in [-0.39, 0.29) is 0 Å². The molecule has 0 spiro atoms. The molecule has 0 amide bonds. The van der Waals surface area contributed by atoms with Gasteiger partial charge in [0, 0.05) is 18.8 Å². The maximum absolute atomic E-state index is 5.68. The van der Waals surface area contributed by atoms with Crippen molar-refractivity contribution in [1.82, 2.24) is 0 Å². The highest BCUT2D eigenvalue weighted by Crippen LogP contribution is 2.31. The van der Waals surface area contributed by atoms with Gasteiger partial charge in [-0.1, -0.05) is 32.0 Å². The van der Waals surface area contributed by atoms with Gasteiger partial charge >= 0.3 is 0 Å². The van der Waals surface area contributed by atoms with E-state index in [1.807, 2.05) is 0 Å². The normalized spacial score (nSPS) is 16.9. The minimum absolute atomic E-state index is 0.844. The molecule has 2 rings (SSSR count). The molecule has 1 aromatic rings. The Labute approximate surface area is 118 Å². The van der Waals surface area contributed by atoms with E-state index in [0.29, 0.717) is 0 Å². The zero-order valence-corrected chi connectivity index (χ0v) is 12.5. The van der Waals surface area contributed by atoms with Gasteiger partial charge < -0.3 is 10.6 Å². The molecule has 1 aliphatic rings. The molecule has 0 atom stereocenters. The van der Waals surface area contributed by atoms with Crippen molar-refractivity contribution >= 4 is 5.69 Å². The minimum atomic E-state index is 0.844. The number of benzene rings is 1. The van der Waals surface area contributed by atoms with E-state index in [9.17, 15) is 0 Å². The Bertz CT molecular complexity index is 370. The summed E-state index contributed by atoms with van der Waals surface area (Å²) >= 11 is 0. The number of piperidine rings is 1. The predicted molar refractivity (Wildman–Crippen MR) is 83.8 cm³/mol. The van der Waals surface area contributed by atoms with E-state index in [1.165, 1.54) is 49.2 Å². The second-order valence-electron chi connectivity index (χ2n) is 5.64. The lowest BCUT2D eigenvalue weighted by Crippen LogP contribution is -2.35. The van der Waals surface area contributed by atoms with Crippen LogP contribution >= 0.6 is 0 Å². The molecule has 0 bridgehead atoms. The van der Waals surface area contributed by atoms with Crippen molar-refractivity contribution in [1.29, 1.82) is 0 Å². The molecule has 19 heavy (non-hydrogen) atoms. The first-order valence-corrected chi connectivity index (χ1v) is 7.85. The molecule has 0 radical (unpaired) electrons. The van der Waals surface area contributed by atoms with Crippen molar-refractivity contribution in [2.45, 2.75) is 46.0 Å². The van der Waals surface area contributed by atoms with Crippen LogP contribution in [0.1, 0.15) is 44.2 Å². The van der Waals surface area contributed by atoms with Crippen LogP contribution in [0, 0.1) is 5.92 Å². The summed E-state index contributed by atoms with van der Waals surface area (Å²) in [5.41, 5.74) is 10.2. The van der Waals surface area contributed by atoms with E-state index in [4.69, 9.17) is 5.73 Å². The smallest absolute Gasteiger partial charge is 0.0431 e. The molecular weight excluding hydrogens is 232 g/mol. The molecule has 2 heteroatoms. The van der Waals surface area contributed by atoms with Crippen LogP contribution in [0.25, 0.3) is 0 Å². The van der Waals surface area contributed by atoms with Gasteiger partial charge in [-0.05, 0) is 55.7 Å². The molecule has 0 unspecified atom stereocenters. The zero-order chi connectivity index (χ0) is 13.7. The molecule has 1 aliphatic heterocycles. The number of rotatable bonds is 5. The molecule has 1 heterocycles. The van der Waals surface area contributed by atoms with Crippen LogP contribution in [-0.2, 0) is 12.8 Å². The van der Waals surface area contributed by atoms with Gasteiger partial charge in [0.15, 0.2) is 0 Å². The Morgan fingerprint density at radius 1 is 1.11 bits per heavy atom. The average Bonchev–Trinajstić information content (AvgIpc) is 2.47. The third-order valence-electron chi connectivity index (χ3n) is 4.47. The summed E-state index contributed by atoms with van der Waals surface area (Å²) in [5, 5.41) is 0. The summed E-state index contributed by atoms with van der Waals surface area (Å²) in [6.07, 6.45) is 6.07. The summed E-state index contributed by atoms with van der Waals surface area (Å²) in [6, 6.07) is 6.79. The largest absolute Gasteiger partial charge is 0.371 e. The SMILES string of the molecule is CCc1cccc(CC)c1N1CCC(CCN)CC1. The van der Waals surface area contributed by atoms with E-state index in [1.54, 1.807) is 0 Å². The van der Waals surface area contributed by atoms with Gasteiger partial charge in [-0.25, -0.2) is 0 Å². The lowest BCUT2D eigenvalue weighted by atomic mass is 9.92. The second-order valence-corrected chi connectivity index (χ2v) is 5.64. The number of hydrogen-bond acceptors (Lipinski definition) is 2. The van der Waals surface area contributed by atoms with Crippen molar-refractivity contribution in [2.24, 2.45) is 11.7 Å². The summed E-state index contributed by atoms with van der Waals surface area (Å²) in [7, 11) is 0. The highest BCUT2D eigenvalue weighted by atomic mass is 15.1. The fourth-order valence-electron chi connectivity index (χ4n) is 3.30. The second kappa shape index (κ2) is 6.95. The molecule has 2 nitrogen and oxygen atoms in total. The molecule has 2 N–H and O–H groups in total. The van der Waals surface area contributed by atoms with Gasteiger partial charge in [-0.3, -0.25) is 0 Å². The third kappa shape index (κ3) is 3.30. The Kier molecular flexibility index (Phi) is 5.26. The van der Waals surface area contributed by atoms with Crippen molar-refractivity contribution < 1.29 is 0 Å². The minimum Gasteiger partial charge on any atom is -0.371 e. The maximum Gasteiger partial charge on any atom is 0.0431 e. The lowest BCUT2D eigenvalue weighted by molar-refractivity contribution is 0.386. The van der Waals surface area contributed by atoms with Crippen LogP contribution in [0.3, 0.4) is 0 Å². The number of para-hydroxylation sites is 1. The van der Waals surface area contributed by atoms with Crippen LogP contribution in [-0.4, -0.2) is 19.6 Å². The molecule has 1 saturated heterocycles. The monoisotopic (exact) mass is 260 g/mol. The summed E-state index contributed by atoms with van der Waals surface area (Å²) < 4.78 is 0. The Hall–Kier alpha value is -1.02. The highest BCUT2D eigenvalue weighted by molar-refractivity contribution is 5.60. The molecule has 0 aliphatic carbocycles. The Morgan fingerprint density at radius 2 is 1.68 bits per heavy atom. The van der Waals surface area contributed by atoms with Crippen molar-refractivity contribution in [3.05, 3.63) is 29.3 Å². The van der Waals surface area contributed by atoms with Gasteiger partial charge in [0.1, 0.15) is 0 Å². The first-order valence-electron chi connectivity index (χ1n) is 7.85. The predicted octanol–water partition coefficient (Wildman–Crippen LogP) is 3.38. The standard InChI is InChI=1S/C17H28N2/c1-3-15-6-5-7-16(4-2)17(15)19-12-9-14(8-11-18)10-13-19/h5-7,14H,3-4,8-13,18H2,1-2H3. The van der Waals surface area contributed by atoms with E-state index < -0.39 is 0 Å². The Balaban J connectivity index is 2.14. The number of hydrogen-bond donors (Lipinski definition) is 1.